The first-order valence-electron chi connectivity index (χ1n) is 14.2. The van der Waals surface area contributed by atoms with Crippen LogP contribution in [0.2, 0.25) is 0 Å². The largest absolute Gasteiger partial charge is 0.322 e. The van der Waals surface area contributed by atoms with Gasteiger partial charge in [0.1, 0.15) is 0 Å². The van der Waals surface area contributed by atoms with Crippen LogP contribution >= 0.6 is 0 Å². The maximum absolute atomic E-state index is 14.2. The van der Waals surface area contributed by atoms with Gasteiger partial charge >= 0.3 is 0 Å². The van der Waals surface area contributed by atoms with E-state index in [1.807, 2.05) is 74.5 Å². The lowest BCUT2D eigenvalue weighted by atomic mass is 9.82. The number of rotatable bonds is 5. The molecule has 0 aliphatic carbocycles. The Kier molecular flexibility index (Phi) is 5.91. The summed E-state index contributed by atoms with van der Waals surface area (Å²) in [6.07, 6.45) is 0. The van der Waals surface area contributed by atoms with Crippen LogP contribution in [0.15, 0.2) is 82.4 Å². The molecule has 7 aromatic rings. The second-order valence-corrected chi connectivity index (χ2v) is 12.0. The van der Waals surface area contributed by atoms with E-state index in [1.165, 1.54) is 9.36 Å². The average molecular weight is 573 g/mol. The number of imidazole rings is 2. The number of fused-ring (bicyclic) bond motifs is 2. The molecule has 4 N–H and O–H groups in total. The summed E-state index contributed by atoms with van der Waals surface area (Å²) in [6.45, 7) is 10.2. The topological polar surface area (TPSA) is 133 Å². The summed E-state index contributed by atoms with van der Waals surface area (Å²) in [5.41, 5.74) is 6.76. The molecule has 10 nitrogen and oxygen atoms in total. The van der Waals surface area contributed by atoms with Crippen molar-refractivity contribution >= 4 is 22.1 Å². The van der Waals surface area contributed by atoms with E-state index >= 15 is 0 Å². The Morgan fingerprint density at radius 1 is 0.651 bits per heavy atom. The first-order chi connectivity index (χ1) is 20.6. The van der Waals surface area contributed by atoms with Gasteiger partial charge in [0.15, 0.2) is 0 Å². The highest BCUT2D eigenvalue weighted by Crippen LogP contribution is 2.34. The summed E-state index contributed by atoms with van der Waals surface area (Å²) in [4.78, 5) is 44.2. The Morgan fingerprint density at radius 3 is 1.51 bits per heavy atom. The molecule has 7 rings (SSSR count). The number of benzene rings is 3. The lowest BCUT2D eigenvalue weighted by Gasteiger charge is -2.21. The van der Waals surface area contributed by atoms with E-state index in [4.69, 9.17) is 0 Å². The maximum Gasteiger partial charge on any atom is 0.278 e. The molecular formula is C33H32N8O2. The van der Waals surface area contributed by atoms with Crippen molar-refractivity contribution in [3.05, 3.63) is 127 Å². The van der Waals surface area contributed by atoms with Crippen molar-refractivity contribution in [2.45, 2.75) is 46.0 Å². The van der Waals surface area contributed by atoms with Crippen LogP contribution in [0, 0.1) is 13.8 Å². The molecule has 0 amide bonds. The van der Waals surface area contributed by atoms with Crippen molar-refractivity contribution in [3.8, 4) is 11.9 Å². The highest BCUT2D eigenvalue weighted by atomic mass is 16.1. The van der Waals surface area contributed by atoms with Crippen molar-refractivity contribution in [1.29, 1.82) is 0 Å². The molecular weight excluding hydrogens is 540 g/mol. The third-order valence-electron chi connectivity index (χ3n) is 8.10. The number of hydrogen-bond acceptors (Lipinski definition) is 4. The number of para-hydroxylation sites is 4. The summed E-state index contributed by atoms with van der Waals surface area (Å²) in [5, 5.41) is 6.43. The van der Waals surface area contributed by atoms with E-state index in [9.17, 15) is 9.59 Å². The Bertz CT molecular complexity index is 2050. The van der Waals surface area contributed by atoms with E-state index < -0.39 is 5.92 Å². The number of hydrogen-bond donors (Lipinski definition) is 4. The van der Waals surface area contributed by atoms with Crippen LogP contribution in [0.25, 0.3) is 34.0 Å². The van der Waals surface area contributed by atoms with Gasteiger partial charge in [0.2, 0.25) is 11.9 Å². The van der Waals surface area contributed by atoms with E-state index in [0.29, 0.717) is 34.4 Å². The predicted molar refractivity (Wildman–Crippen MR) is 168 cm³/mol. The van der Waals surface area contributed by atoms with Gasteiger partial charge in [-0.3, -0.25) is 19.8 Å². The fraction of sp³-hybridized carbons (Fsp3) is 0.212. The molecule has 3 aromatic carbocycles. The van der Waals surface area contributed by atoms with Crippen molar-refractivity contribution in [2.75, 3.05) is 0 Å². The minimum Gasteiger partial charge on any atom is -0.322 e. The zero-order valence-electron chi connectivity index (χ0n) is 24.6. The molecule has 0 saturated heterocycles. The molecule has 4 heterocycles. The van der Waals surface area contributed by atoms with Gasteiger partial charge in [0.25, 0.3) is 11.1 Å². The van der Waals surface area contributed by atoms with Crippen LogP contribution in [0.1, 0.15) is 60.3 Å². The van der Waals surface area contributed by atoms with Crippen LogP contribution in [0.5, 0.6) is 0 Å². The zero-order chi connectivity index (χ0) is 30.0. The Morgan fingerprint density at radius 2 is 1.09 bits per heavy atom. The van der Waals surface area contributed by atoms with Gasteiger partial charge in [-0.25, -0.2) is 9.97 Å². The van der Waals surface area contributed by atoms with Gasteiger partial charge in [0, 0.05) is 17.3 Å². The van der Waals surface area contributed by atoms with Crippen LogP contribution in [0.4, 0.5) is 0 Å². The van der Waals surface area contributed by atoms with E-state index in [1.54, 1.807) is 0 Å². The van der Waals surface area contributed by atoms with Gasteiger partial charge in [-0.15, -0.1) is 0 Å². The minimum absolute atomic E-state index is 0.0515. The Labute approximate surface area is 246 Å². The number of aryl methyl sites for hydroxylation is 2. The molecule has 0 unspecified atom stereocenters. The monoisotopic (exact) mass is 572 g/mol. The molecule has 0 aliphatic heterocycles. The fourth-order valence-electron chi connectivity index (χ4n) is 5.84. The summed E-state index contributed by atoms with van der Waals surface area (Å²) in [7, 11) is 0. The van der Waals surface area contributed by atoms with Crippen LogP contribution in [-0.4, -0.2) is 39.5 Å². The van der Waals surface area contributed by atoms with Crippen molar-refractivity contribution < 1.29 is 0 Å². The summed E-state index contributed by atoms with van der Waals surface area (Å²) < 4.78 is 2.84. The zero-order valence-corrected chi connectivity index (χ0v) is 24.6. The predicted octanol–water partition coefficient (Wildman–Crippen LogP) is 5.49. The smallest absolute Gasteiger partial charge is 0.278 e. The molecule has 43 heavy (non-hydrogen) atoms. The quantitative estimate of drug-likeness (QED) is 0.217. The molecule has 0 aliphatic rings. The molecule has 0 saturated carbocycles. The van der Waals surface area contributed by atoms with Crippen molar-refractivity contribution in [1.82, 2.24) is 39.5 Å². The van der Waals surface area contributed by atoms with Gasteiger partial charge in [-0.1, -0.05) is 69.3 Å². The third kappa shape index (κ3) is 4.34. The lowest BCUT2D eigenvalue weighted by molar-refractivity contribution is 0.590. The average Bonchev–Trinajstić information content (AvgIpc) is 3.74. The van der Waals surface area contributed by atoms with Gasteiger partial charge in [-0.2, -0.15) is 9.36 Å². The van der Waals surface area contributed by atoms with E-state index in [0.717, 1.165) is 33.2 Å². The minimum atomic E-state index is -0.655. The highest BCUT2D eigenvalue weighted by Gasteiger charge is 2.32. The van der Waals surface area contributed by atoms with Gasteiger partial charge in [-0.05, 0) is 54.7 Å². The second-order valence-electron chi connectivity index (χ2n) is 12.0. The molecule has 10 heteroatoms. The SMILES string of the molecule is Cc1[nH]n(-c2nc3ccccc3[nH]2)c(=O)c1C(c1ccc(C(C)(C)C)cc1)c1c(C)[nH]n(-c2nc3ccccc3[nH]2)c1=O. The number of aromatic nitrogens is 8. The Hall–Kier alpha value is -5.38. The maximum atomic E-state index is 14.2. The fourth-order valence-corrected chi connectivity index (χ4v) is 5.84. The van der Waals surface area contributed by atoms with E-state index in [2.05, 4.69) is 63.0 Å². The first-order valence-corrected chi connectivity index (χ1v) is 14.2. The van der Waals surface area contributed by atoms with Crippen LogP contribution < -0.4 is 11.1 Å². The second kappa shape index (κ2) is 9.59. The lowest BCUT2D eigenvalue weighted by Crippen LogP contribution is -2.26. The summed E-state index contributed by atoms with van der Waals surface area (Å²) in [6, 6.07) is 23.4. The Balaban J connectivity index is 1.44. The highest BCUT2D eigenvalue weighted by molar-refractivity contribution is 5.76. The van der Waals surface area contributed by atoms with Crippen LogP contribution in [-0.2, 0) is 5.41 Å². The molecule has 4 aromatic heterocycles. The van der Waals surface area contributed by atoms with Gasteiger partial charge < -0.3 is 9.97 Å². The molecule has 0 spiro atoms. The molecule has 0 radical (unpaired) electrons. The molecule has 0 atom stereocenters. The first kappa shape index (κ1) is 26.5. The molecule has 0 fully saturated rings. The molecule has 0 bridgehead atoms. The molecule has 216 valence electrons. The number of H-pyrrole nitrogens is 4. The third-order valence-corrected chi connectivity index (χ3v) is 8.10. The summed E-state index contributed by atoms with van der Waals surface area (Å²) in [5.74, 6) is 0.110. The number of nitrogens with zero attached hydrogens (tertiary/aromatic N) is 4. The van der Waals surface area contributed by atoms with Crippen molar-refractivity contribution in [2.24, 2.45) is 0 Å². The normalized spacial score (nSPS) is 12.2. The van der Waals surface area contributed by atoms with Gasteiger partial charge in [0.05, 0.1) is 33.2 Å². The number of aromatic amines is 4. The van der Waals surface area contributed by atoms with Crippen LogP contribution in [0.3, 0.4) is 0 Å². The van der Waals surface area contributed by atoms with E-state index in [-0.39, 0.29) is 16.5 Å². The van der Waals surface area contributed by atoms with Crippen molar-refractivity contribution in [3.63, 3.8) is 0 Å². The summed E-state index contributed by atoms with van der Waals surface area (Å²) >= 11 is 0. The standard InChI is InChI=1S/C33H32N8O2/c1-18-26(29(42)40(38-18)31-34-22-10-6-7-11-23(22)35-31)28(20-14-16-21(17-15-20)33(3,4)5)27-19(2)39-41(30(27)43)32-36-24-12-8-9-13-25(24)37-32/h6-17,28,38-39H,1-5H3,(H,34,35)(H,36,37). The number of nitrogens with one attached hydrogen (secondary N) is 4.